The molecule has 0 aliphatic carbocycles. The van der Waals surface area contributed by atoms with Crippen LogP contribution in [0, 0.1) is 12.3 Å². The summed E-state index contributed by atoms with van der Waals surface area (Å²) >= 11 is 0. The fraction of sp³-hybridized carbons (Fsp3) is 0.467. The highest BCUT2D eigenvalue weighted by molar-refractivity contribution is 5.99. The summed E-state index contributed by atoms with van der Waals surface area (Å²) in [4.78, 5) is 28.3. The van der Waals surface area contributed by atoms with Crippen LogP contribution in [0.2, 0.25) is 0 Å². The largest absolute Gasteiger partial charge is 0.481 e. The zero-order chi connectivity index (χ0) is 16.4. The minimum atomic E-state index is -0.972. The Morgan fingerprint density at radius 1 is 1.43 bits per heavy atom. The van der Waals surface area contributed by atoms with Crippen LogP contribution < -0.4 is 5.32 Å². The quantitative estimate of drug-likeness (QED) is 0.857. The first-order valence-electron chi connectivity index (χ1n) is 7.42. The maximum absolute atomic E-state index is 12.4. The van der Waals surface area contributed by atoms with Gasteiger partial charge in [-0.2, -0.15) is 5.10 Å². The van der Waals surface area contributed by atoms with Gasteiger partial charge in [0.15, 0.2) is 5.65 Å². The number of fused-ring (bicyclic) bond motifs is 1. The topological polar surface area (TPSA) is 106 Å². The highest BCUT2D eigenvalue weighted by Gasteiger charge is 2.40. The summed E-state index contributed by atoms with van der Waals surface area (Å²) in [5, 5.41) is 16.3. The van der Waals surface area contributed by atoms with Gasteiger partial charge in [-0.25, -0.2) is 9.50 Å². The number of nitrogens with zero attached hydrogens (tertiary/aromatic N) is 3. The summed E-state index contributed by atoms with van der Waals surface area (Å²) in [5.41, 5.74) is 0.596. The van der Waals surface area contributed by atoms with E-state index in [-0.39, 0.29) is 12.5 Å². The predicted octanol–water partition coefficient (Wildman–Crippen LogP) is 0.649. The van der Waals surface area contributed by atoms with Crippen LogP contribution in [-0.4, -0.2) is 51.3 Å². The third kappa shape index (κ3) is 2.89. The Morgan fingerprint density at radius 3 is 2.87 bits per heavy atom. The molecule has 1 aliphatic rings. The fourth-order valence-corrected chi connectivity index (χ4v) is 2.69. The number of ether oxygens (including phenoxy) is 1. The molecule has 0 atom stereocenters. The van der Waals surface area contributed by atoms with Gasteiger partial charge in [0, 0.05) is 31.6 Å². The average molecular weight is 318 g/mol. The second-order valence-corrected chi connectivity index (χ2v) is 5.78. The van der Waals surface area contributed by atoms with Crippen molar-refractivity contribution in [2.75, 3.05) is 19.8 Å². The Bertz CT molecular complexity index is 749. The minimum absolute atomic E-state index is 0.0632. The van der Waals surface area contributed by atoms with Crippen molar-refractivity contribution in [2.24, 2.45) is 5.41 Å². The van der Waals surface area contributed by atoms with Gasteiger partial charge in [-0.3, -0.25) is 9.59 Å². The van der Waals surface area contributed by atoms with Gasteiger partial charge in [-0.05, 0) is 25.8 Å². The van der Waals surface area contributed by atoms with E-state index in [2.05, 4.69) is 15.4 Å². The minimum Gasteiger partial charge on any atom is -0.481 e. The van der Waals surface area contributed by atoms with Crippen molar-refractivity contribution < 1.29 is 19.4 Å². The normalized spacial score (nSPS) is 17.1. The summed E-state index contributed by atoms with van der Waals surface area (Å²) in [7, 11) is 0. The third-order valence-corrected chi connectivity index (χ3v) is 4.24. The molecule has 0 aromatic carbocycles. The number of aromatic nitrogens is 3. The molecule has 0 saturated carbocycles. The van der Waals surface area contributed by atoms with E-state index < -0.39 is 11.4 Å². The lowest BCUT2D eigenvalue weighted by Gasteiger charge is -2.33. The monoisotopic (exact) mass is 318 g/mol. The first-order chi connectivity index (χ1) is 11.0. The number of rotatable bonds is 4. The molecule has 1 fully saturated rings. The van der Waals surface area contributed by atoms with E-state index >= 15 is 0 Å². The number of nitrogens with one attached hydrogen (secondary N) is 1. The van der Waals surface area contributed by atoms with Gasteiger partial charge < -0.3 is 15.2 Å². The highest BCUT2D eigenvalue weighted by atomic mass is 16.5. The predicted molar refractivity (Wildman–Crippen MR) is 80.2 cm³/mol. The van der Waals surface area contributed by atoms with Crippen LogP contribution in [0.3, 0.4) is 0 Å². The fourth-order valence-electron chi connectivity index (χ4n) is 2.69. The van der Waals surface area contributed by atoms with Crippen LogP contribution in [0.15, 0.2) is 18.5 Å². The van der Waals surface area contributed by atoms with Gasteiger partial charge >= 0.3 is 5.97 Å². The van der Waals surface area contributed by atoms with E-state index in [1.807, 2.05) is 6.92 Å². The third-order valence-electron chi connectivity index (χ3n) is 4.24. The van der Waals surface area contributed by atoms with Crippen molar-refractivity contribution >= 4 is 17.5 Å². The lowest BCUT2D eigenvalue weighted by atomic mass is 9.80. The van der Waals surface area contributed by atoms with Gasteiger partial charge in [0.2, 0.25) is 0 Å². The molecule has 0 spiro atoms. The van der Waals surface area contributed by atoms with Crippen molar-refractivity contribution in [3.8, 4) is 0 Å². The molecule has 3 rings (SSSR count). The first-order valence-corrected chi connectivity index (χ1v) is 7.42. The van der Waals surface area contributed by atoms with Crippen molar-refractivity contribution in [2.45, 2.75) is 19.8 Å². The van der Waals surface area contributed by atoms with Crippen LogP contribution in [0.4, 0.5) is 0 Å². The zero-order valence-corrected chi connectivity index (χ0v) is 12.8. The second kappa shape index (κ2) is 5.96. The molecular weight excluding hydrogens is 300 g/mol. The highest BCUT2D eigenvalue weighted by Crippen LogP contribution is 2.30. The van der Waals surface area contributed by atoms with Crippen LogP contribution in [0.5, 0.6) is 0 Å². The summed E-state index contributed by atoms with van der Waals surface area (Å²) in [6.45, 7) is 2.67. The van der Waals surface area contributed by atoms with Crippen molar-refractivity contribution in [3.05, 3.63) is 29.7 Å². The maximum atomic E-state index is 12.4. The Hall–Kier alpha value is -2.48. The molecule has 0 unspecified atom stereocenters. The number of carboxylic acid groups (broad SMARTS) is 1. The van der Waals surface area contributed by atoms with Gasteiger partial charge in [0.05, 0.1) is 11.6 Å². The lowest BCUT2D eigenvalue weighted by molar-refractivity contribution is -0.154. The number of aryl methyl sites for hydroxylation is 1. The van der Waals surface area contributed by atoms with Crippen molar-refractivity contribution in [3.63, 3.8) is 0 Å². The van der Waals surface area contributed by atoms with Crippen molar-refractivity contribution in [1.82, 2.24) is 19.9 Å². The molecule has 2 aromatic rings. The average Bonchev–Trinajstić information content (AvgIpc) is 2.96. The Balaban J connectivity index is 1.78. The standard InChI is InChI=1S/C15H18N4O4/c1-10-2-5-19-12(18-10)11(8-17-19)13(20)16-9-15(14(21)22)3-6-23-7-4-15/h2,5,8H,3-4,6-7,9H2,1H3,(H,16,20)(H,21,22). The molecular formula is C15H18N4O4. The van der Waals surface area contributed by atoms with E-state index in [9.17, 15) is 14.7 Å². The SMILES string of the molecule is Cc1ccn2ncc(C(=O)NCC3(C(=O)O)CCOCC3)c2n1. The number of hydrogen-bond donors (Lipinski definition) is 2. The maximum Gasteiger partial charge on any atom is 0.311 e. The summed E-state index contributed by atoms with van der Waals surface area (Å²) in [5.74, 6) is -1.28. The molecule has 2 N–H and O–H groups in total. The molecule has 122 valence electrons. The summed E-state index contributed by atoms with van der Waals surface area (Å²) in [6, 6.07) is 1.79. The second-order valence-electron chi connectivity index (χ2n) is 5.78. The van der Waals surface area contributed by atoms with Crippen LogP contribution >= 0.6 is 0 Å². The van der Waals surface area contributed by atoms with Crippen LogP contribution in [0.25, 0.3) is 5.65 Å². The number of carboxylic acids is 1. The van der Waals surface area contributed by atoms with E-state index in [0.717, 1.165) is 5.69 Å². The number of aliphatic carboxylic acids is 1. The first kappa shape index (κ1) is 15.4. The van der Waals surface area contributed by atoms with Gasteiger partial charge in [0.25, 0.3) is 5.91 Å². The lowest BCUT2D eigenvalue weighted by Crippen LogP contribution is -2.46. The van der Waals surface area contributed by atoms with Gasteiger partial charge in [0.1, 0.15) is 5.56 Å². The molecule has 1 aliphatic heterocycles. The molecule has 8 nitrogen and oxygen atoms in total. The van der Waals surface area contributed by atoms with E-state index in [1.165, 1.54) is 10.7 Å². The zero-order valence-electron chi connectivity index (χ0n) is 12.8. The molecule has 8 heteroatoms. The summed E-state index contributed by atoms with van der Waals surface area (Å²) < 4.78 is 6.74. The molecule has 1 amide bonds. The molecule has 2 aromatic heterocycles. The number of hydrogen-bond acceptors (Lipinski definition) is 5. The van der Waals surface area contributed by atoms with E-state index in [0.29, 0.717) is 37.3 Å². The van der Waals surface area contributed by atoms with Gasteiger partial charge in [-0.15, -0.1) is 0 Å². The molecule has 3 heterocycles. The van der Waals surface area contributed by atoms with Crippen molar-refractivity contribution in [1.29, 1.82) is 0 Å². The Kier molecular flexibility index (Phi) is 3.99. The molecule has 1 saturated heterocycles. The Morgan fingerprint density at radius 2 is 2.17 bits per heavy atom. The number of carbonyl (C=O) groups is 2. The van der Waals surface area contributed by atoms with E-state index in [4.69, 9.17) is 4.74 Å². The molecule has 0 bridgehead atoms. The smallest absolute Gasteiger partial charge is 0.311 e. The van der Waals surface area contributed by atoms with Crippen LogP contribution in [-0.2, 0) is 9.53 Å². The molecule has 23 heavy (non-hydrogen) atoms. The molecule has 0 radical (unpaired) electrons. The number of carbonyl (C=O) groups excluding carboxylic acids is 1. The van der Waals surface area contributed by atoms with E-state index in [1.54, 1.807) is 12.3 Å². The van der Waals surface area contributed by atoms with Crippen LogP contribution in [0.1, 0.15) is 28.9 Å². The van der Waals surface area contributed by atoms with Gasteiger partial charge in [-0.1, -0.05) is 0 Å². The number of amides is 1. The summed E-state index contributed by atoms with van der Waals surface area (Å²) in [6.07, 6.45) is 3.93. The Labute approximate surface area is 132 Å².